The molecule has 6 nitrogen and oxygen atoms in total. The van der Waals surface area contributed by atoms with Gasteiger partial charge in [0, 0.05) is 6.42 Å². The minimum atomic E-state index is -2.04. The summed E-state index contributed by atoms with van der Waals surface area (Å²) in [6, 6.07) is 29.1. The molecular weight excluding hydrogens is 537 g/mol. The van der Waals surface area contributed by atoms with Crippen molar-refractivity contribution in [2.75, 3.05) is 0 Å². The number of amides is 2. The standard InChI is InChI=1S/C32H40N2O4SSi/c1-31(2,3)37-30(36)33-27(29(39)38-40(4,5)6)22-23-28(35)34-32(24-16-10-7-11-17-24,25-18-12-8-13-19-25)26-20-14-9-15-21-26/h7-21,27H,22-23H2,1-6H3,(H,33,36)(H,34,35). The van der Waals surface area contributed by atoms with Crippen LogP contribution in [0.3, 0.4) is 0 Å². The van der Waals surface area contributed by atoms with Crippen LogP contribution in [0.2, 0.25) is 19.6 Å². The van der Waals surface area contributed by atoms with Crippen LogP contribution in [0.15, 0.2) is 91.0 Å². The molecule has 1 unspecified atom stereocenters. The number of ether oxygens (including phenoxy) is 1. The first-order valence-corrected chi connectivity index (χ1v) is 17.3. The molecule has 0 heterocycles. The topological polar surface area (TPSA) is 76.7 Å². The Labute approximate surface area is 244 Å². The van der Waals surface area contributed by atoms with Crippen LogP contribution in [0.5, 0.6) is 0 Å². The highest BCUT2D eigenvalue weighted by atomic mass is 32.1. The summed E-state index contributed by atoms with van der Waals surface area (Å²) in [5.41, 5.74) is 1.20. The molecule has 40 heavy (non-hydrogen) atoms. The summed E-state index contributed by atoms with van der Waals surface area (Å²) in [6.45, 7) is 11.4. The molecule has 2 amide bonds. The third-order valence-electron chi connectivity index (χ3n) is 5.99. The van der Waals surface area contributed by atoms with Gasteiger partial charge in [0.05, 0.1) is 6.04 Å². The highest BCUT2D eigenvalue weighted by molar-refractivity contribution is 7.80. The maximum Gasteiger partial charge on any atom is 0.408 e. The SMILES string of the molecule is CC(C)(C)OC(=O)NC(CCC(=O)NC(c1ccccc1)(c1ccccc1)c1ccccc1)C(=S)O[Si](C)(C)C. The van der Waals surface area contributed by atoms with Gasteiger partial charge in [0.25, 0.3) is 0 Å². The molecule has 212 valence electrons. The van der Waals surface area contributed by atoms with Crippen molar-refractivity contribution in [1.29, 1.82) is 0 Å². The fourth-order valence-electron chi connectivity index (χ4n) is 4.40. The largest absolute Gasteiger partial charge is 0.538 e. The minimum Gasteiger partial charge on any atom is -0.538 e. The third-order valence-corrected chi connectivity index (χ3v) is 7.34. The number of nitrogens with one attached hydrogen (secondary N) is 2. The molecule has 2 N–H and O–H groups in total. The molecule has 0 aromatic heterocycles. The van der Waals surface area contributed by atoms with E-state index in [1.807, 2.05) is 111 Å². The smallest absolute Gasteiger partial charge is 0.408 e. The normalized spacial score (nSPS) is 12.7. The number of hydrogen-bond donors (Lipinski definition) is 2. The second kappa shape index (κ2) is 13.2. The van der Waals surface area contributed by atoms with Crippen molar-refractivity contribution < 1.29 is 18.8 Å². The van der Waals surface area contributed by atoms with Gasteiger partial charge in [0.1, 0.15) is 11.1 Å². The van der Waals surface area contributed by atoms with E-state index in [1.165, 1.54) is 0 Å². The van der Waals surface area contributed by atoms with Gasteiger partial charge in [-0.05, 0) is 75.7 Å². The van der Waals surface area contributed by atoms with Crippen molar-refractivity contribution in [3.63, 3.8) is 0 Å². The molecule has 0 aliphatic carbocycles. The predicted molar refractivity (Wildman–Crippen MR) is 167 cm³/mol. The van der Waals surface area contributed by atoms with E-state index in [4.69, 9.17) is 21.4 Å². The summed E-state index contributed by atoms with van der Waals surface area (Å²) in [7, 11) is -2.04. The van der Waals surface area contributed by atoms with Gasteiger partial charge in [-0.25, -0.2) is 4.79 Å². The number of hydrogen-bond acceptors (Lipinski definition) is 5. The number of carbonyl (C=O) groups excluding carboxylic acids is 2. The molecular formula is C32H40N2O4SSi. The van der Waals surface area contributed by atoms with Crippen LogP contribution in [0, 0.1) is 0 Å². The Hall–Kier alpha value is -3.49. The molecule has 0 fully saturated rings. The first-order chi connectivity index (χ1) is 18.8. The van der Waals surface area contributed by atoms with E-state index in [1.54, 1.807) is 20.8 Å². The zero-order chi connectivity index (χ0) is 29.4. The van der Waals surface area contributed by atoms with Gasteiger partial charge < -0.3 is 19.8 Å². The zero-order valence-electron chi connectivity index (χ0n) is 24.2. The van der Waals surface area contributed by atoms with Crippen molar-refractivity contribution in [3.05, 3.63) is 108 Å². The molecule has 0 aliphatic heterocycles. The third kappa shape index (κ3) is 8.76. The minimum absolute atomic E-state index is 0.101. The molecule has 3 aromatic rings. The first kappa shape index (κ1) is 31.0. The molecule has 3 rings (SSSR count). The van der Waals surface area contributed by atoms with Gasteiger partial charge in [-0.3, -0.25) is 4.79 Å². The number of benzene rings is 3. The van der Waals surface area contributed by atoms with E-state index >= 15 is 0 Å². The molecule has 8 heteroatoms. The van der Waals surface area contributed by atoms with E-state index < -0.39 is 31.6 Å². The van der Waals surface area contributed by atoms with Crippen molar-refractivity contribution in [1.82, 2.24) is 10.6 Å². The van der Waals surface area contributed by atoms with Crippen molar-refractivity contribution in [2.24, 2.45) is 0 Å². The van der Waals surface area contributed by atoms with Gasteiger partial charge >= 0.3 is 6.09 Å². The van der Waals surface area contributed by atoms with Crippen LogP contribution in [0.1, 0.15) is 50.3 Å². The lowest BCUT2D eigenvalue weighted by molar-refractivity contribution is -0.122. The van der Waals surface area contributed by atoms with Crippen molar-refractivity contribution in [3.8, 4) is 0 Å². The van der Waals surface area contributed by atoms with Gasteiger partial charge in [0.2, 0.25) is 14.2 Å². The summed E-state index contributed by atoms with van der Waals surface area (Å²) >= 11 is 5.59. The highest BCUT2D eigenvalue weighted by Gasteiger charge is 2.38. The van der Waals surface area contributed by atoms with Crippen LogP contribution < -0.4 is 10.6 Å². The average molecular weight is 577 g/mol. The summed E-state index contributed by atoms with van der Waals surface area (Å²) < 4.78 is 11.5. The number of thiocarbonyl (C=S) groups is 1. The molecule has 0 saturated heterocycles. The predicted octanol–water partition coefficient (Wildman–Crippen LogP) is 6.95. The molecule has 0 spiro atoms. The van der Waals surface area contributed by atoms with Gasteiger partial charge in [-0.1, -0.05) is 91.0 Å². The van der Waals surface area contributed by atoms with E-state index in [2.05, 4.69) is 10.6 Å². The fourth-order valence-corrected chi connectivity index (χ4v) is 6.07. The summed E-state index contributed by atoms with van der Waals surface area (Å²) in [5, 5.41) is 6.44. The monoisotopic (exact) mass is 576 g/mol. The van der Waals surface area contributed by atoms with Crippen molar-refractivity contribution in [2.45, 2.75) is 70.4 Å². The first-order valence-electron chi connectivity index (χ1n) is 13.5. The van der Waals surface area contributed by atoms with E-state index in [0.29, 0.717) is 0 Å². The molecule has 0 saturated carbocycles. The van der Waals surface area contributed by atoms with Crippen molar-refractivity contribution >= 4 is 37.6 Å². The maximum atomic E-state index is 13.8. The molecule has 0 radical (unpaired) electrons. The summed E-state index contributed by atoms with van der Waals surface area (Å²) in [5.74, 6) is -0.191. The number of rotatable bonds is 10. The zero-order valence-corrected chi connectivity index (χ0v) is 26.0. The van der Waals surface area contributed by atoms with Crippen LogP contribution in [0.25, 0.3) is 0 Å². The Kier molecular flexibility index (Phi) is 10.3. The Balaban J connectivity index is 1.92. The number of carbonyl (C=O) groups is 2. The highest BCUT2D eigenvalue weighted by Crippen LogP contribution is 2.37. The lowest BCUT2D eigenvalue weighted by Crippen LogP contribution is -2.49. The second-order valence-corrected chi connectivity index (χ2v) is 16.5. The van der Waals surface area contributed by atoms with E-state index in [9.17, 15) is 9.59 Å². The molecule has 1 atom stereocenters. The second-order valence-electron chi connectivity index (χ2n) is 11.7. The van der Waals surface area contributed by atoms with Gasteiger partial charge in [-0.15, -0.1) is 0 Å². The Morgan fingerprint density at radius 1 is 0.800 bits per heavy atom. The molecule has 3 aromatic carbocycles. The fraction of sp³-hybridized carbons (Fsp3) is 0.344. The Morgan fingerprint density at radius 2 is 1.23 bits per heavy atom. The Morgan fingerprint density at radius 3 is 1.60 bits per heavy atom. The molecule has 0 bridgehead atoms. The lowest BCUT2D eigenvalue weighted by atomic mass is 9.77. The van der Waals surface area contributed by atoms with Crippen LogP contribution in [-0.4, -0.2) is 37.0 Å². The average Bonchev–Trinajstić information content (AvgIpc) is 2.89. The quantitative estimate of drug-likeness (QED) is 0.155. The lowest BCUT2D eigenvalue weighted by Gasteiger charge is -2.37. The summed E-state index contributed by atoms with van der Waals surface area (Å²) in [6.07, 6.45) is -0.251. The number of alkyl carbamates (subject to hydrolysis) is 1. The molecule has 0 aliphatic rings. The summed E-state index contributed by atoms with van der Waals surface area (Å²) in [4.78, 5) is 26.4. The van der Waals surface area contributed by atoms with Gasteiger partial charge in [0.15, 0.2) is 5.05 Å². The van der Waals surface area contributed by atoms with Crippen LogP contribution in [0.4, 0.5) is 4.79 Å². The Bertz CT molecular complexity index is 1180. The van der Waals surface area contributed by atoms with Crippen LogP contribution >= 0.6 is 12.2 Å². The van der Waals surface area contributed by atoms with Crippen LogP contribution in [-0.2, 0) is 19.5 Å². The van der Waals surface area contributed by atoms with Gasteiger partial charge in [-0.2, -0.15) is 0 Å². The maximum absolute atomic E-state index is 13.8. The van der Waals surface area contributed by atoms with E-state index in [-0.39, 0.29) is 23.8 Å². The van der Waals surface area contributed by atoms with E-state index in [0.717, 1.165) is 16.7 Å².